The molecule has 1 saturated heterocycles. The molecule has 0 spiro atoms. The average Bonchev–Trinajstić information content (AvgIpc) is 3.13. The molecule has 4 nitrogen and oxygen atoms in total. The molecule has 144 valence electrons. The van der Waals surface area contributed by atoms with Crippen molar-refractivity contribution >= 4 is 16.8 Å². The fraction of sp³-hybridized carbons (Fsp3) is 0.375. The zero-order valence-corrected chi connectivity index (χ0v) is 16.2. The summed E-state index contributed by atoms with van der Waals surface area (Å²) >= 11 is 0. The molecule has 2 bridgehead atoms. The van der Waals surface area contributed by atoms with E-state index in [1.807, 2.05) is 18.2 Å². The first-order valence-electron chi connectivity index (χ1n) is 10.3. The maximum Gasteiger partial charge on any atom is 0.248 e. The second-order valence-electron chi connectivity index (χ2n) is 8.56. The minimum absolute atomic E-state index is 0.199. The molecule has 1 aromatic heterocycles. The molecule has 1 amide bonds. The molecule has 4 heteroatoms. The van der Waals surface area contributed by atoms with Gasteiger partial charge in [-0.05, 0) is 67.0 Å². The van der Waals surface area contributed by atoms with Crippen molar-refractivity contribution in [2.45, 2.75) is 50.1 Å². The Hall–Kier alpha value is -2.59. The van der Waals surface area contributed by atoms with Crippen LogP contribution in [0, 0.1) is 0 Å². The third-order valence-corrected chi connectivity index (χ3v) is 7.02. The van der Waals surface area contributed by atoms with E-state index in [9.17, 15) is 4.79 Å². The lowest BCUT2D eigenvalue weighted by Crippen LogP contribution is -2.51. The minimum Gasteiger partial charge on any atom is -0.366 e. The van der Waals surface area contributed by atoms with Crippen LogP contribution in [0.1, 0.15) is 53.6 Å². The highest BCUT2D eigenvalue weighted by molar-refractivity contribution is 5.93. The summed E-state index contributed by atoms with van der Waals surface area (Å²) in [5.74, 6) is -0.331. The van der Waals surface area contributed by atoms with Crippen LogP contribution < -0.4 is 5.73 Å². The van der Waals surface area contributed by atoms with Crippen molar-refractivity contribution in [2.75, 3.05) is 6.54 Å². The second-order valence-corrected chi connectivity index (χ2v) is 8.56. The predicted octanol–water partition coefficient (Wildman–Crippen LogP) is 4.35. The number of carbonyl (C=O) groups is 1. The number of likely N-dealkylation sites (tertiary alicyclic amines) is 1. The van der Waals surface area contributed by atoms with Crippen LogP contribution in [0.2, 0.25) is 0 Å². The Balaban J connectivity index is 1.39. The number of nitrogens with one attached hydrogen (secondary N) is 1. The molecule has 3 N–H and O–H groups in total. The van der Waals surface area contributed by atoms with Crippen molar-refractivity contribution in [3.05, 3.63) is 71.4 Å². The summed E-state index contributed by atoms with van der Waals surface area (Å²) in [7, 11) is 0. The number of rotatable bonds is 4. The number of amides is 1. The Kier molecular flexibility index (Phi) is 4.24. The zero-order chi connectivity index (χ0) is 19.1. The van der Waals surface area contributed by atoms with Gasteiger partial charge in [0.05, 0.1) is 0 Å². The number of hydrogen-bond donors (Lipinski definition) is 2. The number of carbonyl (C=O) groups excluding carboxylic acids is 1. The van der Waals surface area contributed by atoms with Crippen LogP contribution in [0.4, 0.5) is 0 Å². The highest BCUT2D eigenvalue weighted by Crippen LogP contribution is 2.47. The Labute approximate surface area is 165 Å². The smallest absolute Gasteiger partial charge is 0.248 e. The van der Waals surface area contributed by atoms with Gasteiger partial charge in [0.25, 0.3) is 0 Å². The molecule has 2 aliphatic rings. The molecule has 2 heterocycles. The van der Waals surface area contributed by atoms with Gasteiger partial charge in [-0.1, -0.05) is 36.8 Å². The number of aromatic amines is 1. The number of para-hydroxylation sites is 1. The third kappa shape index (κ3) is 2.92. The third-order valence-electron chi connectivity index (χ3n) is 7.02. The summed E-state index contributed by atoms with van der Waals surface area (Å²) in [6, 6.07) is 17.2. The summed E-state index contributed by atoms with van der Waals surface area (Å²) in [6.45, 7) is 2.11. The second kappa shape index (κ2) is 6.78. The largest absolute Gasteiger partial charge is 0.366 e. The minimum atomic E-state index is -0.331. The number of fused-ring (bicyclic) bond motifs is 3. The summed E-state index contributed by atoms with van der Waals surface area (Å²) in [4.78, 5) is 17.7. The lowest BCUT2D eigenvalue weighted by Gasteiger charge is -2.51. The quantitative estimate of drug-likeness (QED) is 0.714. The van der Waals surface area contributed by atoms with E-state index in [4.69, 9.17) is 5.73 Å². The van der Waals surface area contributed by atoms with Gasteiger partial charge >= 0.3 is 0 Å². The fourth-order valence-corrected chi connectivity index (χ4v) is 5.51. The van der Waals surface area contributed by atoms with Gasteiger partial charge in [-0.2, -0.15) is 0 Å². The van der Waals surface area contributed by atoms with Crippen LogP contribution in [-0.4, -0.2) is 28.4 Å². The summed E-state index contributed by atoms with van der Waals surface area (Å²) < 4.78 is 0. The SMILES string of the molecule is NC(=O)c1cccc(C23CCCC(C2)N(Cc2c[nH]c4ccccc24)CC3)c1. The number of nitrogens with two attached hydrogens (primary N) is 1. The van der Waals surface area contributed by atoms with E-state index >= 15 is 0 Å². The van der Waals surface area contributed by atoms with E-state index in [1.54, 1.807) is 0 Å². The highest BCUT2D eigenvalue weighted by Gasteiger charge is 2.43. The predicted molar refractivity (Wildman–Crippen MR) is 112 cm³/mol. The Bertz CT molecular complexity index is 1020. The van der Waals surface area contributed by atoms with Gasteiger partial charge in [0.1, 0.15) is 0 Å². The van der Waals surface area contributed by atoms with Gasteiger partial charge in [-0.15, -0.1) is 0 Å². The maximum absolute atomic E-state index is 11.7. The molecule has 1 aliphatic carbocycles. The number of H-pyrrole nitrogens is 1. The van der Waals surface area contributed by atoms with E-state index in [0.717, 1.165) is 19.5 Å². The maximum atomic E-state index is 11.7. The molecule has 5 rings (SSSR count). The van der Waals surface area contributed by atoms with Gasteiger partial charge in [0.2, 0.25) is 5.91 Å². The molecule has 1 aliphatic heterocycles. The zero-order valence-electron chi connectivity index (χ0n) is 16.2. The van der Waals surface area contributed by atoms with E-state index in [2.05, 4.69) is 46.4 Å². The van der Waals surface area contributed by atoms with Crippen molar-refractivity contribution < 1.29 is 4.79 Å². The molecular formula is C24H27N3O. The van der Waals surface area contributed by atoms with Crippen LogP contribution >= 0.6 is 0 Å². The van der Waals surface area contributed by atoms with Crippen molar-refractivity contribution in [3.8, 4) is 0 Å². The van der Waals surface area contributed by atoms with Crippen LogP contribution in [0.25, 0.3) is 10.9 Å². The first-order chi connectivity index (χ1) is 13.6. The van der Waals surface area contributed by atoms with E-state index < -0.39 is 0 Å². The van der Waals surface area contributed by atoms with Gasteiger partial charge < -0.3 is 10.7 Å². The number of nitrogens with zero attached hydrogens (tertiary/aromatic N) is 1. The molecule has 1 saturated carbocycles. The highest BCUT2D eigenvalue weighted by atomic mass is 16.1. The standard InChI is InChI=1S/C24H27N3O/c25-23(28)17-5-3-6-19(13-17)24-10-4-7-20(14-24)27(12-11-24)16-18-15-26-22-9-2-1-8-21(18)22/h1-3,5-6,8-9,13,15,20,26H,4,7,10-12,14,16H2,(H2,25,28). The molecule has 2 aromatic carbocycles. The monoisotopic (exact) mass is 373 g/mol. The average molecular weight is 374 g/mol. The van der Waals surface area contributed by atoms with Gasteiger partial charge in [0, 0.05) is 35.2 Å². The van der Waals surface area contributed by atoms with E-state index in [-0.39, 0.29) is 11.3 Å². The van der Waals surface area contributed by atoms with Gasteiger partial charge in [-0.25, -0.2) is 0 Å². The number of benzene rings is 2. The Morgan fingerprint density at radius 3 is 2.96 bits per heavy atom. The lowest BCUT2D eigenvalue weighted by atomic mass is 9.63. The van der Waals surface area contributed by atoms with Crippen LogP contribution in [-0.2, 0) is 12.0 Å². The Morgan fingerprint density at radius 2 is 2.07 bits per heavy atom. The van der Waals surface area contributed by atoms with Gasteiger partial charge in [0.15, 0.2) is 0 Å². The van der Waals surface area contributed by atoms with Crippen LogP contribution in [0.5, 0.6) is 0 Å². The molecule has 28 heavy (non-hydrogen) atoms. The number of aromatic nitrogens is 1. The molecular weight excluding hydrogens is 346 g/mol. The molecule has 3 aromatic rings. The number of hydrogen-bond acceptors (Lipinski definition) is 2. The van der Waals surface area contributed by atoms with Crippen molar-refractivity contribution in [1.29, 1.82) is 0 Å². The van der Waals surface area contributed by atoms with E-state index in [1.165, 1.54) is 47.7 Å². The normalized spacial score (nSPS) is 25.1. The molecule has 0 radical (unpaired) electrons. The van der Waals surface area contributed by atoms with Crippen molar-refractivity contribution in [3.63, 3.8) is 0 Å². The first-order valence-corrected chi connectivity index (χ1v) is 10.3. The molecule has 2 atom stereocenters. The van der Waals surface area contributed by atoms with Crippen LogP contribution in [0.15, 0.2) is 54.7 Å². The Morgan fingerprint density at radius 1 is 1.18 bits per heavy atom. The number of primary amides is 1. The summed E-state index contributed by atoms with van der Waals surface area (Å²) in [5.41, 5.74) is 10.3. The van der Waals surface area contributed by atoms with Gasteiger partial charge in [-0.3, -0.25) is 9.69 Å². The first kappa shape index (κ1) is 17.5. The lowest BCUT2D eigenvalue weighted by molar-refractivity contribution is 0.0461. The van der Waals surface area contributed by atoms with E-state index in [0.29, 0.717) is 11.6 Å². The van der Waals surface area contributed by atoms with Crippen LogP contribution in [0.3, 0.4) is 0 Å². The van der Waals surface area contributed by atoms with Crippen molar-refractivity contribution in [2.24, 2.45) is 5.73 Å². The molecule has 2 fully saturated rings. The summed E-state index contributed by atoms with van der Waals surface area (Å²) in [5, 5.41) is 1.34. The summed E-state index contributed by atoms with van der Waals surface area (Å²) in [6.07, 6.45) is 8.22. The van der Waals surface area contributed by atoms with Crippen molar-refractivity contribution in [1.82, 2.24) is 9.88 Å². The fourth-order valence-electron chi connectivity index (χ4n) is 5.51. The molecule has 2 unspecified atom stereocenters. The topological polar surface area (TPSA) is 62.1 Å². The number of piperidine rings is 1.